The van der Waals surface area contributed by atoms with Crippen LogP contribution in [0.15, 0.2) is 35.5 Å². The van der Waals surface area contributed by atoms with Gasteiger partial charge in [0.25, 0.3) is 11.5 Å². The molecule has 2 aromatic rings. The molecular formula is C16H20N4O2. The van der Waals surface area contributed by atoms with Crippen molar-refractivity contribution in [1.29, 1.82) is 0 Å². The summed E-state index contributed by atoms with van der Waals surface area (Å²) < 4.78 is 3.49. The summed E-state index contributed by atoms with van der Waals surface area (Å²) in [6, 6.07) is 2.98. The molecule has 0 saturated heterocycles. The molecule has 2 heterocycles. The second kappa shape index (κ2) is 5.79. The number of carbonyl (C=O) groups excluding carboxylic acids is 1. The summed E-state index contributed by atoms with van der Waals surface area (Å²) in [5.41, 5.74) is 0.240. The van der Waals surface area contributed by atoms with E-state index in [9.17, 15) is 9.59 Å². The Labute approximate surface area is 128 Å². The second-order valence-corrected chi connectivity index (χ2v) is 5.72. The lowest BCUT2D eigenvalue weighted by atomic mass is 10.1. The Morgan fingerprint density at radius 1 is 1.45 bits per heavy atom. The number of hydrogen-bond acceptors (Lipinski definition) is 3. The second-order valence-electron chi connectivity index (χ2n) is 5.72. The molecule has 1 unspecified atom stereocenters. The van der Waals surface area contributed by atoms with E-state index < -0.39 is 0 Å². The lowest BCUT2D eigenvalue weighted by molar-refractivity contribution is 0.0928. The van der Waals surface area contributed by atoms with Crippen LogP contribution in [0, 0.1) is 5.92 Å². The average molecular weight is 300 g/mol. The number of nitrogens with zero attached hydrogens (tertiary/aromatic N) is 3. The molecule has 22 heavy (non-hydrogen) atoms. The van der Waals surface area contributed by atoms with Gasteiger partial charge in [0.15, 0.2) is 0 Å². The molecule has 1 aliphatic rings. The summed E-state index contributed by atoms with van der Waals surface area (Å²) in [5, 5.41) is 3.03. The van der Waals surface area contributed by atoms with Gasteiger partial charge in [0.05, 0.1) is 6.04 Å². The summed E-state index contributed by atoms with van der Waals surface area (Å²) in [4.78, 5) is 28.7. The summed E-state index contributed by atoms with van der Waals surface area (Å²) in [7, 11) is 1.92. The highest BCUT2D eigenvalue weighted by molar-refractivity contribution is 5.94. The SMILES string of the molecule is CCn1ccc(C(=O)NC(c2nccn2C)C2CC2)cc1=O. The zero-order valence-corrected chi connectivity index (χ0v) is 12.8. The lowest BCUT2D eigenvalue weighted by Gasteiger charge is -2.18. The van der Waals surface area contributed by atoms with Crippen LogP contribution in [0.3, 0.4) is 0 Å². The number of amides is 1. The van der Waals surface area contributed by atoms with E-state index >= 15 is 0 Å². The molecule has 1 N–H and O–H groups in total. The average Bonchev–Trinajstić information content (AvgIpc) is 3.26. The molecule has 1 amide bonds. The van der Waals surface area contributed by atoms with Gasteiger partial charge in [-0.15, -0.1) is 0 Å². The van der Waals surface area contributed by atoms with Gasteiger partial charge < -0.3 is 14.5 Å². The molecule has 116 valence electrons. The number of hydrogen-bond donors (Lipinski definition) is 1. The van der Waals surface area contributed by atoms with Crippen molar-refractivity contribution >= 4 is 5.91 Å². The van der Waals surface area contributed by atoms with Crippen LogP contribution in [0.5, 0.6) is 0 Å². The number of nitrogens with one attached hydrogen (secondary N) is 1. The first-order valence-electron chi connectivity index (χ1n) is 7.58. The molecule has 6 nitrogen and oxygen atoms in total. The van der Waals surface area contributed by atoms with Crippen molar-refractivity contribution in [3.05, 3.63) is 52.5 Å². The van der Waals surface area contributed by atoms with Crippen molar-refractivity contribution < 1.29 is 4.79 Å². The minimum absolute atomic E-state index is 0.0962. The first kappa shape index (κ1) is 14.6. The van der Waals surface area contributed by atoms with Crippen molar-refractivity contribution in [2.24, 2.45) is 13.0 Å². The minimum atomic E-state index is -0.222. The van der Waals surface area contributed by atoms with Gasteiger partial charge in [0.1, 0.15) is 5.82 Å². The van der Waals surface area contributed by atoms with Gasteiger partial charge in [0.2, 0.25) is 0 Å². The zero-order valence-electron chi connectivity index (χ0n) is 12.8. The molecule has 0 spiro atoms. The number of pyridine rings is 1. The first-order valence-corrected chi connectivity index (χ1v) is 7.58. The maximum Gasteiger partial charge on any atom is 0.252 e. The van der Waals surface area contributed by atoms with Gasteiger partial charge in [-0.2, -0.15) is 0 Å². The largest absolute Gasteiger partial charge is 0.342 e. The predicted molar refractivity (Wildman–Crippen MR) is 82.5 cm³/mol. The van der Waals surface area contributed by atoms with Gasteiger partial charge in [0, 0.05) is 43.8 Å². The van der Waals surface area contributed by atoms with Gasteiger partial charge in [-0.05, 0) is 31.7 Å². The van der Waals surface area contributed by atoms with Gasteiger partial charge in [-0.3, -0.25) is 9.59 Å². The highest BCUT2D eigenvalue weighted by atomic mass is 16.2. The molecule has 0 aromatic carbocycles. The van der Waals surface area contributed by atoms with Crippen LogP contribution in [-0.4, -0.2) is 20.0 Å². The Morgan fingerprint density at radius 2 is 2.23 bits per heavy atom. The van der Waals surface area contributed by atoms with Crippen LogP contribution in [-0.2, 0) is 13.6 Å². The van der Waals surface area contributed by atoms with E-state index in [0.717, 1.165) is 18.7 Å². The van der Waals surface area contributed by atoms with Crippen LogP contribution >= 0.6 is 0 Å². The third-order valence-electron chi connectivity index (χ3n) is 4.12. The van der Waals surface area contributed by atoms with E-state index in [4.69, 9.17) is 0 Å². The van der Waals surface area contributed by atoms with Crippen molar-refractivity contribution in [3.63, 3.8) is 0 Å². The number of aromatic nitrogens is 3. The van der Waals surface area contributed by atoms with Gasteiger partial charge in [-0.1, -0.05) is 0 Å². The Kier molecular flexibility index (Phi) is 3.83. The predicted octanol–water partition coefficient (Wildman–Crippen LogP) is 1.48. The Balaban J connectivity index is 1.81. The fourth-order valence-corrected chi connectivity index (χ4v) is 2.63. The first-order chi connectivity index (χ1) is 10.6. The third-order valence-corrected chi connectivity index (χ3v) is 4.12. The van der Waals surface area contributed by atoms with Crippen LogP contribution in [0.2, 0.25) is 0 Å². The molecule has 1 saturated carbocycles. The Hall–Kier alpha value is -2.37. The third kappa shape index (κ3) is 2.81. The Bertz CT molecular complexity index is 743. The normalized spacial score (nSPS) is 15.5. The quantitative estimate of drug-likeness (QED) is 0.909. The highest BCUT2D eigenvalue weighted by Crippen LogP contribution is 2.40. The number of aryl methyl sites for hydroxylation is 2. The standard InChI is InChI=1S/C16H20N4O2/c1-3-20-8-6-12(10-13(20)21)16(22)18-14(11-4-5-11)15-17-7-9-19(15)2/h6-11,14H,3-5H2,1-2H3,(H,18,22). The smallest absolute Gasteiger partial charge is 0.252 e. The topological polar surface area (TPSA) is 68.9 Å². The van der Waals surface area contributed by atoms with E-state index in [0.29, 0.717) is 18.0 Å². The summed E-state index contributed by atoms with van der Waals surface area (Å²) in [6.45, 7) is 2.49. The van der Waals surface area contributed by atoms with Crippen LogP contribution < -0.4 is 10.9 Å². The molecule has 0 bridgehead atoms. The van der Waals surface area contributed by atoms with Gasteiger partial charge >= 0.3 is 0 Å². The molecule has 2 aromatic heterocycles. The molecule has 1 atom stereocenters. The molecule has 1 aliphatic carbocycles. The monoisotopic (exact) mass is 300 g/mol. The molecule has 1 fully saturated rings. The fraction of sp³-hybridized carbons (Fsp3) is 0.438. The van der Waals surface area contributed by atoms with E-state index in [1.54, 1.807) is 23.0 Å². The summed E-state index contributed by atoms with van der Waals surface area (Å²) in [5.74, 6) is 1.07. The van der Waals surface area contributed by atoms with E-state index in [2.05, 4.69) is 10.3 Å². The van der Waals surface area contributed by atoms with Crippen molar-refractivity contribution in [1.82, 2.24) is 19.4 Å². The molecule has 6 heteroatoms. The molecule has 0 radical (unpaired) electrons. The van der Waals surface area contributed by atoms with Crippen LogP contribution in [0.25, 0.3) is 0 Å². The van der Waals surface area contributed by atoms with E-state index in [1.807, 2.05) is 24.7 Å². The number of carbonyl (C=O) groups is 1. The van der Waals surface area contributed by atoms with E-state index in [1.165, 1.54) is 6.07 Å². The zero-order chi connectivity index (χ0) is 15.7. The van der Waals surface area contributed by atoms with Crippen molar-refractivity contribution in [3.8, 4) is 0 Å². The van der Waals surface area contributed by atoms with E-state index in [-0.39, 0.29) is 17.5 Å². The molecule has 0 aliphatic heterocycles. The molecule has 3 rings (SSSR count). The van der Waals surface area contributed by atoms with Crippen molar-refractivity contribution in [2.75, 3.05) is 0 Å². The molecular weight excluding hydrogens is 280 g/mol. The lowest BCUT2D eigenvalue weighted by Crippen LogP contribution is -2.32. The highest BCUT2D eigenvalue weighted by Gasteiger charge is 2.35. The summed E-state index contributed by atoms with van der Waals surface area (Å²) >= 11 is 0. The van der Waals surface area contributed by atoms with Crippen LogP contribution in [0.4, 0.5) is 0 Å². The van der Waals surface area contributed by atoms with Gasteiger partial charge in [-0.25, -0.2) is 4.98 Å². The van der Waals surface area contributed by atoms with Crippen molar-refractivity contribution in [2.45, 2.75) is 32.4 Å². The van der Waals surface area contributed by atoms with Crippen LogP contribution in [0.1, 0.15) is 42.0 Å². The number of imidazole rings is 1. The number of rotatable bonds is 5. The fourth-order valence-electron chi connectivity index (χ4n) is 2.63. The minimum Gasteiger partial charge on any atom is -0.342 e. The maximum atomic E-state index is 12.4. The Morgan fingerprint density at radius 3 is 2.77 bits per heavy atom. The summed E-state index contributed by atoms with van der Waals surface area (Å²) in [6.07, 6.45) is 7.45. The maximum absolute atomic E-state index is 12.4.